The number of carboxylic acids is 1. The normalized spacial score (nSPS) is 13.9. The maximum absolute atomic E-state index is 12.5. The maximum atomic E-state index is 12.5. The number of aromatic nitrogens is 4. The van der Waals surface area contributed by atoms with Gasteiger partial charge in [-0.1, -0.05) is 0 Å². The van der Waals surface area contributed by atoms with E-state index in [4.69, 9.17) is 5.11 Å². The number of nitrogens with zero attached hydrogens (tertiary/aromatic N) is 4. The molecule has 0 spiro atoms. The molecule has 0 radical (unpaired) electrons. The molecule has 24 heavy (non-hydrogen) atoms. The van der Waals surface area contributed by atoms with Gasteiger partial charge in [0.1, 0.15) is 0 Å². The molecular formula is C16H21N5O3. The van der Waals surface area contributed by atoms with Gasteiger partial charge in [0.15, 0.2) is 5.69 Å². The van der Waals surface area contributed by atoms with Gasteiger partial charge >= 0.3 is 5.97 Å². The number of amides is 1. The van der Waals surface area contributed by atoms with Gasteiger partial charge in [-0.25, -0.2) is 4.79 Å². The molecule has 128 valence electrons. The van der Waals surface area contributed by atoms with E-state index >= 15 is 0 Å². The van der Waals surface area contributed by atoms with Crippen LogP contribution in [0.25, 0.3) is 0 Å². The van der Waals surface area contributed by atoms with E-state index in [2.05, 4.69) is 15.3 Å². The summed E-state index contributed by atoms with van der Waals surface area (Å²) in [6.45, 7) is 7.37. The molecule has 0 fully saturated rings. The van der Waals surface area contributed by atoms with Crippen LogP contribution < -0.4 is 0 Å². The van der Waals surface area contributed by atoms with Crippen molar-refractivity contribution < 1.29 is 14.7 Å². The van der Waals surface area contributed by atoms with Gasteiger partial charge in [-0.05, 0) is 26.3 Å². The largest absolute Gasteiger partial charge is 0.476 e. The number of nitrogens with one attached hydrogen (secondary N) is 1. The van der Waals surface area contributed by atoms with Gasteiger partial charge in [-0.15, -0.1) is 0 Å². The Hall–Kier alpha value is -2.64. The Balaban J connectivity index is 1.67. The SMILES string of the molecule is Cc1nn(CCC(=O)N2CCc3[nH]nc(C(=O)O)c3C2)c(C)c1C. The van der Waals surface area contributed by atoms with E-state index in [0.717, 1.165) is 22.6 Å². The predicted octanol–water partition coefficient (Wildman–Crippen LogP) is 1.20. The molecule has 0 unspecified atom stereocenters. The fourth-order valence-electron chi connectivity index (χ4n) is 3.05. The van der Waals surface area contributed by atoms with Crippen molar-refractivity contribution >= 4 is 11.9 Å². The number of aromatic carboxylic acids is 1. The first kappa shape index (κ1) is 16.2. The minimum absolute atomic E-state index is 0.00314. The molecule has 3 heterocycles. The molecule has 0 saturated carbocycles. The number of H-pyrrole nitrogens is 1. The number of aromatic amines is 1. The number of fused-ring (bicyclic) bond motifs is 1. The Morgan fingerprint density at radius 2 is 2.04 bits per heavy atom. The van der Waals surface area contributed by atoms with Gasteiger partial charge in [-0.3, -0.25) is 14.6 Å². The van der Waals surface area contributed by atoms with Crippen LogP contribution in [0, 0.1) is 20.8 Å². The van der Waals surface area contributed by atoms with Gasteiger partial charge in [0.05, 0.1) is 5.69 Å². The molecule has 0 aliphatic carbocycles. The van der Waals surface area contributed by atoms with Crippen LogP contribution in [0.1, 0.15) is 45.1 Å². The fraction of sp³-hybridized carbons (Fsp3) is 0.500. The Bertz CT molecular complexity index is 805. The topological polar surface area (TPSA) is 104 Å². The average molecular weight is 331 g/mol. The molecule has 0 aromatic carbocycles. The van der Waals surface area contributed by atoms with Crippen molar-refractivity contribution in [2.75, 3.05) is 6.54 Å². The van der Waals surface area contributed by atoms with E-state index in [-0.39, 0.29) is 11.6 Å². The summed E-state index contributed by atoms with van der Waals surface area (Å²) in [4.78, 5) is 25.4. The second kappa shape index (κ2) is 6.10. The van der Waals surface area contributed by atoms with Gasteiger partial charge < -0.3 is 10.0 Å². The molecule has 2 aromatic heterocycles. The van der Waals surface area contributed by atoms with Crippen molar-refractivity contribution in [2.45, 2.75) is 46.7 Å². The van der Waals surface area contributed by atoms with Crippen molar-refractivity contribution in [3.63, 3.8) is 0 Å². The van der Waals surface area contributed by atoms with E-state index in [0.29, 0.717) is 38.0 Å². The van der Waals surface area contributed by atoms with Gasteiger partial charge in [-0.2, -0.15) is 10.2 Å². The minimum atomic E-state index is -1.07. The summed E-state index contributed by atoms with van der Waals surface area (Å²) in [6.07, 6.45) is 0.942. The highest BCUT2D eigenvalue weighted by atomic mass is 16.4. The molecule has 1 aliphatic heterocycles. The number of hydrogen-bond acceptors (Lipinski definition) is 4. The van der Waals surface area contributed by atoms with E-state index < -0.39 is 5.97 Å². The Morgan fingerprint density at radius 1 is 1.29 bits per heavy atom. The summed E-state index contributed by atoms with van der Waals surface area (Å²) in [6, 6.07) is 0. The molecule has 2 N–H and O–H groups in total. The molecule has 2 aromatic rings. The number of carboxylic acid groups (broad SMARTS) is 1. The molecule has 1 aliphatic rings. The highest BCUT2D eigenvalue weighted by Crippen LogP contribution is 2.21. The number of rotatable bonds is 4. The van der Waals surface area contributed by atoms with Crippen molar-refractivity contribution in [1.82, 2.24) is 24.9 Å². The number of carbonyl (C=O) groups excluding carboxylic acids is 1. The van der Waals surface area contributed by atoms with Crippen LogP contribution in [-0.2, 0) is 24.3 Å². The highest BCUT2D eigenvalue weighted by molar-refractivity contribution is 5.87. The number of hydrogen-bond donors (Lipinski definition) is 2. The van der Waals surface area contributed by atoms with Crippen molar-refractivity contribution in [3.05, 3.63) is 33.9 Å². The summed E-state index contributed by atoms with van der Waals surface area (Å²) in [5.41, 5.74) is 4.64. The lowest BCUT2D eigenvalue weighted by Gasteiger charge is -2.27. The molecule has 0 saturated heterocycles. The quantitative estimate of drug-likeness (QED) is 0.876. The zero-order chi connectivity index (χ0) is 17.4. The first-order valence-corrected chi connectivity index (χ1v) is 7.96. The smallest absolute Gasteiger partial charge is 0.356 e. The lowest BCUT2D eigenvalue weighted by Crippen LogP contribution is -2.36. The molecule has 8 heteroatoms. The number of carbonyl (C=O) groups is 2. The predicted molar refractivity (Wildman–Crippen MR) is 85.7 cm³/mol. The summed E-state index contributed by atoms with van der Waals surface area (Å²) in [7, 11) is 0. The van der Waals surface area contributed by atoms with E-state index in [9.17, 15) is 9.59 Å². The summed E-state index contributed by atoms with van der Waals surface area (Å²) >= 11 is 0. The third-order valence-electron chi connectivity index (χ3n) is 4.77. The van der Waals surface area contributed by atoms with Crippen LogP contribution in [-0.4, -0.2) is 48.4 Å². The second-order valence-corrected chi connectivity index (χ2v) is 6.17. The Morgan fingerprint density at radius 3 is 2.67 bits per heavy atom. The first-order valence-electron chi connectivity index (χ1n) is 7.96. The van der Waals surface area contributed by atoms with Crippen LogP contribution in [0.3, 0.4) is 0 Å². The molecule has 1 amide bonds. The summed E-state index contributed by atoms with van der Waals surface area (Å²) in [5, 5.41) is 20.2. The van der Waals surface area contributed by atoms with Crippen LogP contribution in [0.15, 0.2) is 0 Å². The van der Waals surface area contributed by atoms with Gasteiger partial charge in [0, 0.05) is 49.4 Å². The van der Waals surface area contributed by atoms with Crippen LogP contribution in [0.2, 0.25) is 0 Å². The summed E-state index contributed by atoms with van der Waals surface area (Å²) < 4.78 is 1.86. The zero-order valence-corrected chi connectivity index (χ0v) is 14.1. The van der Waals surface area contributed by atoms with Crippen molar-refractivity contribution in [3.8, 4) is 0 Å². The van der Waals surface area contributed by atoms with Crippen molar-refractivity contribution in [1.29, 1.82) is 0 Å². The standard InChI is InChI=1S/C16H21N5O3/c1-9-10(2)19-21(11(9)3)7-5-14(22)20-6-4-13-12(8-20)15(16(23)24)18-17-13/h4-8H2,1-3H3,(H,17,18)(H,23,24). The molecule has 0 bridgehead atoms. The molecular weight excluding hydrogens is 310 g/mol. The minimum Gasteiger partial charge on any atom is -0.476 e. The zero-order valence-electron chi connectivity index (χ0n) is 14.1. The highest BCUT2D eigenvalue weighted by Gasteiger charge is 2.27. The van der Waals surface area contributed by atoms with Crippen molar-refractivity contribution in [2.24, 2.45) is 0 Å². The fourth-order valence-corrected chi connectivity index (χ4v) is 3.05. The van der Waals surface area contributed by atoms with Crippen LogP contribution in [0.5, 0.6) is 0 Å². The third kappa shape index (κ3) is 2.79. The Labute approximate surface area is 139 Å². The summed E-state index contributed by atoms with van der Waals surface area (Å²) in [5.74, 6) is -1.07. The lowest BCUT2D eigenvalue weighted by molar-refractivity contribution is -0.132. The van der Waals surface area contributed by atoms with Crippen LogP contribution >= 0.6 is 0 Å². The first-order chi connectivity index (χ1) is 11.4. The third-order valence-corrected chi connectivity index (χ3v) is 4.77. The van der Waals surface area contributed by atoms with Gasteiger partial charge in [0.2, 0.25) is 5.91 Å². The van der Waals surface area contributed by atoms with E-state index in [1.807, 2.05) is 25.5 Å². The average Bonchev–Trinajstić information content (AvgIpc) is 3.09. The number of aryl methyl sites for hydroxylation is 2. The monoisotopic (exact) mass is 331 g/mol. The van der Waals surface area contributed by atoms with Crippen LogP contribution in [0.4, 0.5) is 0 Å². The Kier molecular flexibility index (Phi) is 4.13. The van der Waals surface area contributed by atoms with E-state index in [1.54, 1.807) is 4.90 Å². The maximum Gasteiger partial charge on any atom is 0.356 e. The molecule has 0 atom stereocenters. The second-order valence-electron chi connectivity index (χ2n) is 6.17. The van der Waals surface area contributed by atoms with Gasteiger partial charge in [0.25, 0.3) is 0 Å². The molecule has 3 rings (SSSR count). The lowest BCUT2D eigenvalue weighted by atomic mass is 10.0. The van der Waals surface area contributed by atoms with E-state index in [1.165, 1.54) is 0 Å². The molecule has 8 nitrogen and oxygen atoms in total.